The van der Waals surface area contributed by atoms with Gasteiger partial charge in [0.25, 0.3) is 0 Å². The van der Waals surface area contributed by atoms with Gasteiger partial charge in [-0.2, -0.15) is 0 Å². The van der Waals surface area contributed by atoms with Crippen LogP contribution in [-0.2, 0) is 6.61 Å². The van der Waals surface area contributed by atoms with E-state index in [9.17, 15) is 0 Å². The number of ether oxygens (including phenoxy) is 1. The fraction of sp³-hybridized carbons (Fsp3) is 0.0476. The molecule has 0 aliphatic heterocycles. The van der Waals surface area contributed by atoms with E-state index in [4.69, 9.17) is 4.74 Å². The van der Waals surface area contributed by atoms with Crippen LogP contribution in [0.15, 0.2) is 81.7 Å². The Labute approximate surface area is 157 Å². The highest BCUT2D eigenvalue weighted by Crippen LogP contribution is 2.34. The topological polar surface area (TPSA) is 9.23 Å². The molecule has 0 saturated carbocycles. The zero-order valence-corrected chi connectivity index (χ0v) is 16.0. The van der Waals surface area contributed by atoms with Crippen molar-refractivity contribution in [3.05, 3.63) is 87.3 Å². The second kappa shape index (κ2) is 6.58. The second-order valence-corrected chi connectivity index (χ2v) is 7.23. The van der Waals surface area contributed by atoms with Gasteiger partial charge < -0.3 is 4.74 Å². The van der Waals surface area contributed by atoms with Gasteiger partial charge >= 0.3 is 0 Å². The molecule has 0 radical (unpaired) electrons. The van der Waals surface area contributed by atoms with Crippen molar-refractivity contribution >= 4 is 53.4 Å². The summed E-state index contributed by atoms with van der Waals surface area (Å²) in [6.07, 6.45) is 0. The first-order valence-corrected chi connectivity index (χ1v) is 9.29. The summed E-state index contributed by atoms with van der Waals surface area (Å²) in [4.78, 5) is 0. The number of hydrogen-bond acceptors (Lipinski definition) is 1. The molecule has 0 N–H and O–H groups in total. The molecule has 0 bridgehead atoms. The van der Waals surface area contributed by atoms with E-state index in [2.05, 4.69) is 86.5 Å². The summed E-state index contributed by atoms with van der Waals surface area (Å²) in [5, 5.41) is 4.78. The number of halogens is 2. The van der Waals surface area contributed by atoms with Gasteiger partial charge in [0.1, 0.15) is 12.4 Å². The quantitative estimate of drug-likeness (QED) is 0.329. The molecule has 1 nitrogen and oxygen atoms in total. The van der Waals surface area contributed by atoms with Gasteiger partial charge in [0.15, 0.2) is 0 Å². The van der Waals surface area contributed by atoms with E-state index in [1.807, 2.05) is 18.2 Å². The highest BCUT2D eigenvalue weighted by Gasteiger charge is 2.09. The molecule has 4 aromatic carbocycles. The Balaban J connectivity index is 1.66. The van der Waals surface area contributed by atoms with Crippen molar-refractivity contribution in [1.82, 2.24) is 0 Å². The van der Waals surface area contributed by atoms with Crippen molar-refractivity contribution < 1.29 is 4.74 Å². The summed E-state index contributed by atoms with van der Waals surface area (Å²) < 4.78 is 8.18. The molecule has 0 spiro atoms. The van der Waals surface area contributed by atoms with Gasteiger partial charge in [0, 0.05) is 10.0 Å². The van der Waals surface area contributed by atoms with Crippen molar-refractivity contribution in [1.29, 1.82) is 0 Å². The Bertz CT molecular complexity index is 955. The third kappa shape index (κ3) is 2.83. The number of hydrogen-bond donors (Lipinski definition) is 0. The molecule has 3 heteroatoms. The van der Waals surface area contributed by atoms with Crippen LogP contribution in [0.25, 0.3) is 21.5 Å². The summed E-state index contributed by atoms with van der Waals surface area (Å²) in [5.74, 6) is 0.855. The molecule has 0 amide bonds. The average Bonchev–Trinajstić information content (AvgIpc) is 2.63. The molecule has 0 atom stereocenters. The van der Waals surface area contributed by atoms with Gasteiger partial charge in [-0.1, -0.05) is 66.7 Å². The van der Waals surface area contributed by atoms with Crippen molar-refractivity contribution in [2.24, 2.45) is 0 Å². The van der Waals surface area contributed by atoms with E-state index in [0.29, 0.717) is 6.61 Å². The van der Waals surface area contributed by atoms with Crippen LogP contribution in [-0.4, -0.2) is 0 Å². The lowest BCUT2D eigenvalue weighted by Crippen LogP contribution is -1.98. The summed E-state index contributed by atoms with van der Waals surface area (Å²) >= 11 is 7.40. The second-order valence-electron chi connectivity index (χ2n) is 5.65. The van der Waals surface area contributed by atoms with Crippen molar-refractivity contribution in [2.45, 2.75) is 6.61 Å². The molecular weight excluding hydrogens is 428 g/mol. The zero-order chi connectivity index (χ0) is 16.5. The maximum Gasteiger partial charge on any atom is 0.134 e. The SMILES string of the molecule is Brc1c(COc2ccc3ccccc3c2Br)ccc2ccccc12. The summed E-state index contributed by atoms with van der Waals surface area (Å²) in [6.45, 7) is 0.516. The van der Waals surface area contributed by atoms with Crippen LogP contribution in [0.5, 0.6) is 5.75 Å². The first-order valence-electron chi connectivity index (χ1n) is 7.70. The largest absolute Gasteiger partial charge is 0.488 e. The van der Waals surface area contributed by atoms with Gasteiger partial charge in [-0.25, -0.2) is 0 Å². The standard InChI is InChI=1S/C21H14Br2O/c22-20-16(10-9-14-5-1-3-7-17(14)20)13-24-19-12-11-15-6-2-4-8-18(15)21(19)23/h1-12H,13H2. The molecule has 24 heavy (non-hydrogen) atoms. The van der Waals surface area contributed by atoms with Gasteiger partial charge in [0.2, 0.25) is 0 Å². The number of fused-ring (bicyclic) bond motifs is 2. The molecule has 118 valence electrons. The van der Waals surface area contributed by atoms with Gasteiger partial charge in [-0.05, 0) is 59.5 Å². The first-order chi connectivity index (χ1) is 11.7. The lowest BCUT2D eigenvalue weighted by molar-refractivity contribution is 0.304. The van der Waals surface area contributed by atoms with E-state index in [-0.39, 0.29) is 0 Å². The van der Waals surface area contributed by atoms with E-state index >= 15 is 0 Å². The number of benzene rings is 4. The van der Waals surface area contributed by atoms with Crippen LogP contribution >= 0.6 is 31.9 Å². The highest BCUT2D eigenvalue weighted by molar-refractivity contribution is 9.11. The lowest BCUT2D eigenvalue weighted by Gasteiger charge is -2.12. The maximum absolute atomic E-state index is 6.08. The van der Waals surface area contributed by atoms with Crippen molar-refractivity contribution in [2.75, 3.05) is 0 Å². The third-order valence-electron chi connectivity index (χ3n) is 4.15. The Morgan fingerprint density at radius 2 is 1.21 bits per heavy atom. The summed E-state index contributed by atoms with van der Waals surface area (Å²) in [5.41, 5.74) is 1.13. The highest BCUT2D eigenvalue weighted by atomic mass is 79.9. The van der Waals surface area contributed by atoms with Gasteiger partial charge in [0.05, 0.1) is 4.47 Å². The van der Waals surface area contributed by atoms with Crippen molar-refractivity contribution in [3.63, 3.8) is 0 Å². The first kappa shape index (κ1) is 15.7. The normalized spacial score (nSPS) is 11.1. The molecule has 0 heterocycles. The van der Waals surface area contributed by atoms with Crippen LogP contribution in [0.3, 0.4) is 0 Å². The lowest BCUT2D eigenvalue weighted by atomic mass is 10.1. The Kier molecular flexibility index (Phi) is 4.30. The molecular formula is C21H14Br2O. The fourth-order valence-electron chi connectivity index (χ4n) is 2.87. The average molecular weight is 442 g/mol. The van der Waals surface area contributed by atoms with Crippen LogP contribution < -0.4 is 4.74 Å². The smallest absolute Gasteiger partial charge is 0.134 e. The molecule has 0 aromatic heterocycles. The van der Waals surface area contributed by atoms with E-state index in [1.165, 1.54) is 16.2 Å². The van der Waals surface area contributed by atoms with Crippen LogP contribution in [0.1, 0.15) is 5.56 Å². The molecule has 0 saturated heterocycles. The minimum atomic E-state index is 0.516. The molecule has 4 rings (SSSR count). The molecule has 4 aromatic rings. The summed E-state index contributed by atoms with van der Waals surface area (Å²) in [7, 11) is 0. The van der Waals surface area contributed by atoms with E-state index < -0.39 is 0 Å². The predicted octanol–water partition coefficient (Wildman–Crippen LogP) is 7.10. The van der Waals surface area contributed by atoms with Crippen molar-refractivity contribution in [3.8, 4) is 5.75 Å². The van der Waals surface area contributed by atoms with E-state index in [0.717, 1.165) is 25.6 Å². The van der Waals surface area contributed by atoms with Gasteiger partial charge in [-0.3, -0.25) is 0 Å². The van der Waals surface area contributed by atoms with Crippen LogP contribution in [0.2, 0.25) is 0 Å². The monoisotopic (exact) mass is 440 g/mol. The molecule has 0 aliphatic rings. The molecule has 0 aliphatic carbocycles. The van der Waals surface area contributed by atoms with Gasteiger partial charge in [-0.15, -0.1) is 0 Å². The Morgan fingerprint density at radius 1 is 0.625 bits per heavy atom. The minimum absolute atomic E-state index is 0.516. The van der Waals surface area contributed by atoms with Crippen LogP contribution in [0.4, 0.5) is 0 Å². The van der Waals surface area contributed by atoms with E-state index in [1.54, 1.807) is 0 Å². The molecule has 0 unspecified atom stereocenters. The Hall–Kier alpha value is -1.84. The predicted molar refractivity (Wildman–Crippen MR) is 108 cm³/mol. The third-order valence-corrected chi connectivity index (χ3v) is 5.91. The summed E-state index contributed by atoms with van der Waals surface area (Å²) in [6, 6.07) is 25.0. The van der Waals surface area contributed by atoms with Crippen LogP contribution in [0, 0.1) is 0 Å². The number of rotatable bonds is 3. The maximum atomic E-state index is 6.08. The minimum Gasteiger partial charge on any atom is -0.488 e. The molecule has 0 fully saturated rings. The fourth-order valence-corrected chi connectivity index (χ4v) is 4.09. The zero-order valence-electron chi connectivity index (χ0n) is 12.8. The Morgan fingerprint density at radius 3 is 1.92 bits per heavy atom.